The molecule has 0 radical (unpaired) electrons. The van der Waals surface area contributed by atoms with E-state index in [1.54, 1.807) is 6.07 Å². The molecule has 0 amide bonds. The molecule has 1 heterocycles. The van der Waals surface area contributed by atoms with Crippen molar-refractivity contribution < 1.29 is 12.8 Å². The van der Waals surface area contributed by atoms with Crippen molar-refractivity contribution in [2.75, 3.05) is 11.3 Å². The Morgan fingerprint density at radius 3 is 2.76 bits per heavy atom. The van der Waals surface area contributed by atoms with Gasteiger partial charge in [-0.3, -0.25) is 4.72 Å². The third kappa shape index (κ3) is 3.96. The third-order valence-electron chi connectivity index (χ3n) is 2.70. The van der Waals surface area contributed by atoms with E-state index >= 15 is 0 Å². The van der Waals surface area contributed by atoms with Crippen molar-refractivity contribution in [1.82, 2.24) is 15.5 Å². The third-order valence-corrected chi connectivity index (χ3v) is 4.13. The highest BCUT2D eigenvalue weighted by Gasteiger charge is 2.20. The molecule has 1 aromatic heterocycles. The van der Waals surface area contributed by atoms with Crippen LogP contribution in [0.5, 0.6) is 0 Å². The zero-order chi connectivity index (χ0) is 15.3. The summed E-state index contributed by atoms with van der Waals surface area (Å²) < 4.78 is 40.4. The van der Waals surface area contributed by atoms with Crippen LogP contribution in [0.1, 0.15) is 12.5 Å². The fourth-order valence-electron chi connectivity index (χ4n) is 1.73. The van der Waals surface area contributed by atoms with E-state index in [4.69, 9.17) is 0 Å². The van der Waals surface area contributed by atoms with E-state index in [0.717, 1.165) is 6.07 Å². The van der Waals surface area contributed by atoms with Gasteiger partial charge in [-0.05, 0) is 36.4 Å². The Hall–Kier alpha value is -2.06. The molecule has 0 spiro atoms. The van der Waals surface area contributed by atoms with Gasteiger partial charge in [0.2, 0.25) is 0 Å². The molecule has 0 unspecified atom stereocenters. The second-order valence-corrected chi connectivity index (χ2v) is 5.90. The summed E-state index contributed by atoms with van der Waals surface area (Å²) in [6, 6.07) is 6.69. The Bertz CT molecular complexity index is 707. The van der Waals surface area contributed by atoms with Crippen LogP contribution in [-0.2, 0) is 16.6 Å². The number of nitrogens with zero attached hydrogens (tertiary/aromatic N) is 2. The van der Waals surface area contributed by atoms with E-state index in [9.17, 15) is 12.8 Å². The van der Waals surface area contributed by atoms with Crippen LogP contribution in [0.15, 0.2) is 41.4 Å². The first kappa shape index (κ1) is 15.3. The first-order valence-electron chi connectivity index (χ1n) is 6.32. The lowest BCUT2D eigenvalue weighted by molar-refractivity contribution is 0.590. The zero-order valence-corrected chi connectivity index (χ0v) is 12.2. The van der Waals surface area contributed by atoms with Crippen molar-refractivity contribution in [3.63, 3.8) is 0 Å². The van der Waals surface area contributed by atoms with Crippen LogP contribution in [0, 0.1) is 5.82 Å². The highest BCUT2D eigenvalue weighted by Crippen LogP contribution is 2.20. The predicted molar refractivity (Wildman–Crippen MR) is 76.6 cm³/mol. The number of hydrogen-bond donors (Lipinski definition) is 2. The van der Waals surface area contributed by atoms with Crippen molar-refractivity contribution in [3.05, 3.63) is 47.9 Å². The minimum atomic E-state index is -3.93. The molecule has 1 aromatic carbocycles. The molecule has 0 fully saturated rings. The predicted octanol–water partition coefficient (Wildman–Crippen LogP) is 1.53. The lowest BCUT2D eigenvalue weighted by Crippen LogP contribution is -2.19. The molecule has 0 saturated heterocycles. The fraction of sp³-hybridized carbons (Fsp3) is 0.231. The van der Waals surface area contributed by atoms with Crippen LogP contribution in [0.25, 0.3) is 0 Å². The molecule has 0 aliphatic rings. The van der Waals surface area contributed by atoms with Crippen LogP contribution in [0.3, 0.4) is 0 Å². The molecule has 2 aromatic rings. The molecule has 2 rings (SSSR count). The fourth-order valence-corrected chi connectivity index (χ4v) is 2.98. The normalized spacial score (nSPS) is 11.3. The topological polar surface area (TPSA) is 84.0 Å². The van der Waals surface area contributed by atoms with Gasteiger partial charge in [-0.2, -0.15) is 5.10 Å². The number of benzene rings is 1. The maximum absolute atomic E-state index is 13.4. The summed E-state index contributed by atoms with van der Waals surface area (Å²) in [5, 5.41) is 10.3. The van der Waals surface area contributed by atoms with Crippen LogP contribution < -0.4 is 10.0 Å². The summed E-state index contributed by atoms with van der Waals surface area (Å²) in [6.07, 6.45) is 1.43. The minimum absolute atomic E-state index is 0.0798. The molecule has 6 nitrogen and oxygen atoms in total. The van der Waals surface area contributed by atoms with E-state index in [1.165, 1.54) is 24.4 Å². The standard InChI is InChI=1S/C13H15FN4O2S/c1-2-15-9-10-5-6-11(14)8-12(10)21(19,20)18-13-4-3-7-16-17-13/h3-8,15H,2,9H2,1H3,(H,17,18). The summed E-state index contributed by atoms with van der Waals surface area (Å²) >= 11 is 0. The van der Waals surface area contributed by atoms with Crippen molar-refractivity contribution in [2.24, 2.45) is 0 Å². The zero-order valence-electron chi connectivity index (χ0n) is 11.4. The van der Waals surface area contributed by atoms with Crippen molar-refractivity contribution in [2.45, 2.75) is 18.4 Å². The monoisotopic (exact) mass is 310 g/mol. The molecular formula is C13H15FN4O2S. The van der Waals surface area contributed by atoms with Gasteiger partial charge in [-0.25, -0.2) is 12.8 Å². The van der Waals surface area contributed by atoms with E-state index < -0.39 is 15.8 Å². The maximum Gasteiger partial charge on any atom is 0.263 e. The van der Waals surface area contributed by atoms with Gasteiger partial charge in [0, 0.05) is 12.7 Å². The van der Waals surface area contributed by atoms with E-state index in [0.29, 0.717) is 18.7 Å². The van der Waals surface area contributed by atoms with Gasteiger partial charge in [0.25, 0.3) is 10.0 Å². The van der Waals surface area contributed by atoms with Crippen molar-refractivity contribution in [3.8, 4) is 0 Å². The van der Waals surface area contributed by atoms with Gasteiger partial charge in [0.15, 0.2) is 5.82 Å². The molecule has 0 aliphatic heterocycles. The number of nitrogens with one attached hydrogen (secondary N) is 2. The smallest absolute Gasteiger partial charge is 0.263 e. The summed E-state index contributed by atoms with van der Waals surface area (Å²) in [5.74, 6) is -0.536. The number of sulfonamides is 1. The minimum Gasteiger partial charge on any atom is -0.313 e. The molecule has 112 valence electrons. The van der Waals surface area contributed by atoms with Crippen molar-refractivity contribution in [1.29, 1.82) is 0 Å². The number of halogens is 1. The summed E-state index contributed by atoms with van der Waals surface area (Å²) in [6.45, 7) is 2.90. The summed E-state index contributed by atoms with van der Waals surface area (Å²) in [5.41, 5.74) is 0.481. The largest absolute Gasteiger partial charge is 0.313 e. The molecule has 0 saturated carbocycles. The van der Waals surface area contributed by atoms with E-state index in [2.05, 4.69) is 20.2 Å². The first-order valence-corrected chi connectivity index (χ1v) is 7.81. The lowest BCUT2D eigenvalue weighted by Gasteiger charge is -2.12. The number of hydrogen-bond acceptors (Lipinski definition) is 5. The molecule has 0 bridgehead atoms. The maximum atomic E-state index is 13.4. The van der Waals surface area contributed by atoms with Gasteiger partial charge in [-0.1, -0.05) is 13.0 Å². The number of rotatable bonds is 6. The van der Waals surface area contributed by atoms with Crippen LogP contribution in [-0.4, -0.2) is 25.2 Å². The molecule has 8 heteroatoms. The molecule has 21 heavy (non-hydrogen) atoms. The molecule has 0 atom stereocenters. The molecular weight excluding hydrogens is 295 g/mol. The molecule has 0 aliphatic carbocycles. The van der Waals surface area contributed by atoms with E-state index in [-0.39, 0.29) is 10.7 Å². The van der Waals surface area contributed by atoms with Gasteiger partial charge in [-0.15, -0.1) is 5.10 Å². The van der Waals surface area contributed by atoms with Gasteiger partial charge < -0.3 is 5.32 Å². The average Bonchev–Trinajstić information content (AvgIpc) is 2.46. The highest BCUT2D eigenvalue weighted by atomic mass is 32.2. The van der Waals surface area contributed by atoms with Gasteiger partial charge in [0.1, 0.15) is 5.82 Å². The second-order valence-electron chi connectivity index (χ2n) is 4.25. The average molecular weight is 310 g/mol. The Morgan fingerprint density at radius 2 is 2.10 bits per heavy atom. The summed E-state index contributed by atoms with van der Waals surface area (Å²) in [7, 11) is -3.93. The Morgan fingerprint density at radius 1 is 1.29 bits per heavy atom. The van der Waals surface area contributed by atoms with E-state index in [1.807, 2.05) is 6.92 Å². The SMILES string of the molecule is CCNCc1ccc(F)cc1S(=O)(=O)Nc1cccnn1. The van der Waals surface area contributed by atoms with Gasteiger partial charge >= 0.3 is 0 Å². The Kier molecular flexibility index (Phi) is 4.81. The first-order chi connectivity index (χ1) is 10.0. The van der Waals surface area contributed by atoms with Crippen LogP contribution in [0.4, 0.5) is 10.2 Å². The lowest BCUT2D eigenvalue weighted by atomic mass is 10.2. The molecule has 2 N–H and O–H groups in total. The van der Waals surface area contributed by atoms with Crippen LogP contribution in [0.2, 0.25) is 0 Å². The summed E-state index contributed by atoms with van der Waals surface area (Å²) in [4.78, 5) is -0.117. The number of aromatic nitrogens is 2. The highest BCUT2D eigenvalue weighted by molar-refractivity contribution is 7.92. The van der Waals surface area contributed by atoms with Crippen LogP contribution >= 0.6 is 0 Å². The van der Waals surface area contributed by atoms with Crippen molar-refractivity contribution >= 4 is 15.8 Å². The Labute approximate surface area is 122 Å². The Balaban J connectivity index is 2.36. The number of anilines is 1. The quantitative estimate of drug-likeness (QED) is 0.845. The second kappa shape index (κ2) is 6.59. The van der Waals surface area contributed by atoms with Gasteiger partial charge in [0.05, 0.1) is 4.90 Å².